The van der Waals surface area contributed by atoms with Crippen molar-refractivity contribution in [3.05, 3.63) is 36.0 Å². The van der Waals surface area contributed by atoms with Crippen LogP contribution in [0.5, 0.6) is 0 Å². The molecule has 0 aromatic heterocycles. The monoisotopic (exact) mass is 936 g/mol. The molecule has 1 spiro atoms. The van der Waals surface area contributed by atoms with Crippen molar-refractivity contribution in [2.45, 2.75) is 226 Å². The molecule has 2 saturated heterocycles. The Balaban J connectivity index is 0.840. The van der Waals surface area contributed by atoms with E-state index in [9.17, 15) is 0 Å². The Bertz CT molecular complexity index is 1430. The lowest BCUT2D eigenvalue weighted by Crippen LogP contribution is -2.51. The van der Waals surface area contributed by atoms with Crippen LogP contribution in [0.1, 0.15) is 208 Å². The second-order valence-electron chi connectivity index (χ2n) is 23.6. The third-order valence-corrected chi connectivity index (χ3v) is 18.3. The Labute approximate surface area is 413 Å². The van der Waals surface area contributed by atoms with Crippen molar-refractivity contribution in [1.29, 1.82) is 0 Å². The molecule has 3 saturated carbocycles. The summed E-state index contributed by atoms with van der Waals surface area (Å²) in [6.07, 6.45) is 45.4. The molecule has 6 aliphatic rings. The molecular formula is C60H105NO6. The molecular weight excluding hydrogens is 831 g/mol. The molecule has 2 heterocycles. The molecule has 7 heteroatoms. The van der Waals surface area contributed by atoms with Crippen LogP contribution in [-0.4, -0.2) is 95.4 Å². The molecule has 5 fully saturated rings. The van der Waals surface area contributed by atoms with Crippen molar-refractivity contribution in [2.75, 3.05) is 72.5 Å². The van der Waals surface area contributed by atoms with Crippen molar-refractivity contribution in [3.63, 3.8) is 0 Å². The zero-order valence-corrected chi connectivity index (χ0v) is 44.6. The van der Waals surface area contributed by atoms with Crippen LogP contribution >= 0.6 is 0 Å². The summed E-state index contributed by atoms with van der Waals surface area (Å²) in [7, 11) is 0. The molecule has 0 aromatic rings. The normalized spacial score (nSPS) is 30.8. The Morgan fingerprint density at radius 3 is 2.21 bits per heavy atom. The van der Waals surface area contributed by atoms with Gasteiger partial charge in [-0.3, -0.25) is 0 Å². The number of piperidine rings is 1. The fourth-order valence-corrected chi connectivity index (χ4v) is 14.3. The van der Waals surface area contributed by atoms with Gasteiger partial charge in [-0.15, -0.1) is 0 Å². The quantitative estimate of drug-likeness (QED) is 0.0492. The van der Waals surface area contributed by atoms with Crippen LogP contribution in [0.15, 0.2) is 36.0 Å². The van der Waals surface area contributed by atoms with E-state index < -0.39 is 0 Å². The highest BCUT2D eigenvalue weighted by Crippen LogP contribution is 2.67. The van der Waals surface area contributed by atoms with Gasteiger partial charge in [-0.25, -0.2) is 0 Å². The van der Waals surface area contributed by atoms with Crippen molar-refractivity contribution in [1.82, 2.24) is 4.90 Å². The second-order valence-corrected chi connectivity index (χ2v) is 23.6. The van der Waals surface area contributed by atoms with E-state index in [0.717, 1.165) is 113 Å². The van der Waals surface area contributed by atoms with E-state index in [1.165, 1.54) is 128 Å². The van der Waals surface area contributed by atoms with Crippen LogP contribution in [0.3, 0.4) is 0 Å². The lowest BCUT2D eigenvalue weighted by molar-refractivity contribution is -0.284. The Morgan fingerprint density at radius 1 is 0.716 bits per heavy atom. The molecule has 0 amide bonds. The number of fused-ring (bicyclic) bond motifs is 5. The molecule has 4 unspecified atom stereocenters. The van der Waals surface area contributed by atoms with Crippen molar-refractivity contribution in [3.8, 4) is 0 Å². The molecule has 7 nitrogen and oxygen atoms in total. The van der Waals surface area contributed by atoms with Gasteiger partial charge in [0.2, 0.25) is 0 Å². The first-order chi connectivity index (χ1) is 32.7. The third-order valence-electron chi connectivity index (χ3n) is 18.3. The van der Waals surface area contributed by atoms with E-state index in [1.54, 1.807) is 5.57 Å². The molecule has 9 atom stereocenters. The van der Waals surface area contributed by atoms with Crippen LogP contribution in [0, 0.1) is 46.3 Å². The average molecular weight is 937 g/mol. The molecule has 386 valence electrons. The highest BCUT2D eigenvalue weighted by Gasteiger charge is 2.59. The first-order valence-electron chi connectivity index (χ1n) is 29.0. The van der Waals surface area contributed by atoms with Gasteiger partial charge in [0.25, 0.3) is 0 Å². The first kappa shape index (κ1) is 55.3. The number of nitrogens with zero attached hydrogens (tertiary/aromatic N) is 1. The van der Waals surface area contributed by atoms with Gasteiger partial charge in [-0.05, 0) is 143 Å². The topological polar surface area (TPSA) is 58.6 Å². The summed E-state index contributed by atoms with van der Waals surface area (Å²) >= 11 is 0. The van der Waals surface area contributed by atoms with Gasteiger partial charge in [0.05, 0.1) is 58.5 Å². The Morgan fingerprint density at radius 2 is 1.45 bits per heavy atom. The fourth-order valence-electron chi connectivity index (χ4n) is 14.3. The Kier molecular flexibility index (Phi) is 24.3. The van der Waals surface area contributed by atoms with Crippen molar-refractivity contribution >= 4 is 0 Å². The molecule has 0 N–H and O–H groups in total. The predicted molar refractivity (Wildman–Crippen MR) is 278 cm³/mol. The third kappa shape index (κ3) is 17.0. The fraction of sp³-hybridized carbons (Fsp3) is 0.900. The average Bonchev–Trinajstić information content (AvgIpc) is 3.69. The second kappa shape index (κ2) is 29.5. The van der Waals surface area contributed by atoms with E-state index in [-0.39, 0.29) is 11.9 Å². The van der Waals surface area contributed by atoms with Gasteiger partial charge < -0.3 is 33.3 Å². The van der Waals surface area contributed by atoms with Gasteiger partial charge in [0, 0.05) is 39.1 Å². The molecule has 4 aliphatic carbocycles. The summed E-state index contributed by atoms with van der Waals surface area (Å²) in [6, 6.07) is 0. The van der Waals surface area contributed by atoms with Crippen LogP contribution in [0.2, 0.25) is 0 Å². The van der Waals surface area contributed by atoms with Crippen LogP contribution in [0.25, 0.3) is 0 Å². The SMILES string of the molecule is CCCCC/C=C\C/C=C\CCCCCCCCOCC(CN1CCC2(CC1)OCCCO2)OCCOCCO[C@H]1CC[C@@]2(C)C(=CCC3C2CC[C@@]2(C)C3CC[C@@H]2[C@H](C)CCCC(C)C)C1. The smallest absolute Gasteiger partial charge is 0.170 e. The summed E-state index contributed by atoms with van der Waals surface area (Å²) in [4.78, 5) is 2.51. The molecule has 67 heavy (non-hydrogen) atoms. The van der Waals surface area contributed by atoms with E-state index in [0.29, 0.717) is 50.0 Å². The molecule has 0 radical (unpaired) electrons. The first-order valence-corrected chi connectivity index (χ1v) is 29.0. The standard InChI is InChI=1S/C60H105NO6/c1-7-8-9-10-11-12-13-14-15-16-17-18-19-20-21-22-39-63-48-53(47-61-37-35-60(36-38-61)66-40-24-41-67-60)65-45-43-62-42-44-64-52-31-33-58(5)51(46-52)27-28-54-56-30-29-55(50(4)26-23-25-49(2)3)59(56,6)34-32-57(54)58/h11-12,14-15,27,49-50,52-57H,7-10,13,16-26,28-48H2,1-6H3/b12-11-,15-14-/t50-,52+,53?,54?,55-,56?,57?,58+,59-/m1/s1. The predicted octanol–water partition coefficient (Wildman–Crippen LogP) is 14.9. The number of unbranched alkanes of at least 4 members (excludes halogenated alkanes) is 9. The van der Waals surface area contributed by atoms with Gasteiger partial charge in [-0.2, -0.15) is 0 Å². The molecule has 0 aromatic carbocycles. The van der Waals surface area contributed by atoms with Gasteiger partial charge in [0.1, 0.15) is 0 Å². The summed E-state index contributed by atoms with van der Waals surface area (Å²) in [5.74, 6) is 4.95. The maximum atomic E-state index is 6.55. The minimum absolute atomic E-state index is 0.0303. The minimum Gasteiger partial charge on any atom is -0.379 e. The van der Waals surface area contributed by atoms with Crippen molar-refractivity contribution < 1.29 is 28.4 Å². The number of ether oxygens (including phenoxy) is 6. The molecule has 0 bridgehead atoms. The van der Waals surface area contributed by atoms with Gasteiger partial charge >= 0.3 is 0 Å². The van der Waals surface area contributed by atoms with Crippen LogP contribution in [-0.2, 0) is 28.4 Å². The number of rotatable bonds is 32. The Hall–Kier alpha value is -1.06. The van der Waals surface area contributed by atoms with Gasteiger partial charge in [-0.1, -0.05) is 135 Å². The van der Waals surface area contributed by atoms with Crippen LogP contribution in [0.4, 0.5) is 0 Å². The largest absolute Gasteiger partial charge is 0.379 e. The zero-order chi connectivity index (χ0) is 47.2. The maximum Gasteiger partial charge on any atom is 0.170 e. The summed E-state index contributed by atoms with van der Waals surface area (Å²) < 4.78 is 37.7. The lowest BCUT2D eigenvalue weighted by Gasteiger charge is -2.58. The number of likely N-dealkylation sites (tertiary alicyclic amines) is 1. The number of hydrogen-bond acceptors (Lipinski definition) is 7. The molecule has 2 aliphatic heterocycles. The van der Waals surface area contributed by atoms with E-state index in [2.05, 4.69) is 76.8 Å². The van der Waals surface area contributed by atoms with E-state index in [1.807, 2.05) is 0 Å². The number of allylic oxidation sites excluding steroid dienone is 5. The maximum absolute atomic E-state index is 6.55. The van der Waals surface area contributed by atoms with Crippen LogP contribution < -0.4 is 0 Å². The van der Waals surface area contributed by atoms with Gasteiger partial charge in [0.15, 0.2) is 5.79 Å². The number of hydrogen-bond donors (Lipinski definition) is 0. The van der Waals surface area contributed by atoms with Crippen molar-refractivity contribution in [2.24, 2.45) is 46.3 Å². The van der Waals surface area contributed by atoms with E-state index >= 15 is 0 Å². The molecule has 6 rings (SSSR count). The lowest BCUT2D eigenvalue weighted by atomic mass is 9.47. The zero-order valence-electron chi connectivity index (χ0n) is 44.6. The summed E-state index contributed by atoms with van der Waals surface area (Å²) in [5.41, 5.74) is 2.65. The highest BCUT2D eigenvalue weighted by atomic mass is 16.7. The van der Waals surface area contributed by atoms with E-state index in [4.69, 9.17) is 28.4 Å². The minimum atomic E-state index is -0.365. The highest BCUT2D eigenvalue weighted by molar-refractivity contribution is 5.25. The summed E-state index contributed by atoms with van der Waals surface area (Å²) in [5, 5.41) is 0. The summed E-state index contributed by atoms with van der Waals surface area (Å²) in [6.45, 7) is 23.4.